The largest absolute Gasteiger partial charge is 0.508 e. The van der Waals surface area contributed by atoms with E-state index in [0.717, 1.165) is 0 Å². The number of hydrogen-bond acceptors (Lipinski definition) is 10. The Balaban J connectivity index is 2.96. The van der Waals surface area contributed by atoms with Crippen LogP contribution < -0.4 is 38.5 Å². The summed E-state index contributed by atoms with van der Waals surface area (Å²) < 4.78 is 0. The van der Waals surface area contributed by atoms with Crippen LogP contribution in [-0.4, -0.2) is 106 Å². The Kier molecular flexibility index (Phi) is 18.1. The van der Waals surface area contributed by atoms with Gasteiger partial charge in [0.05, 0.1) is 12.6 Å². The highest BCUT2D eigenvalue weighted by Gasteiger charge is 2.31. The van der Waals surface area contributed by atoms with E-state index < -0.39 is 66.4 Å². The highest BCUT2D eigenvalue weighted by molar-refractivity contribution is 7.98. The van der Waals surface area contributed by atoms with Gasteiger partial charge in [-0.15, -0.1) is 0 Å². The molecule has 5 atom stereocenters. The average Bonchev–Trinajstić information content (AvgIpc) is 2.99. The van der Waals surface area contributed by atoms with Gasteiger partial charge in [0.2, 0.25) is 23.6 Å². The number of thioether (sulfide) groups is 1. The van der Waals surface area contributed by atoms with Crippen LogP contribution in [0.3, 0.4) is 0 Å². The van der Waals surface area contributed by atoms with Crippen LogP contribution >= 0.6 is 11.8 Å². The van der Waals surface area contributed by atoms with Gasteiger partial charge in [0.1, 0.15) is 29.9 Å². The first-order valence-corrected chi connectivity index (χ1v) is 16.2. The van der Waals surface area contributed by atoms with E-state index in [9.17, 15) is 39.3 Å². The number of carbonyl (C=O) groups excluding carboxylic acids is 4. The second-order valence-corrected chi connectivity index (χ2v) is 12.1. The Bertz CT molecular complexity index is 1180. The highest BCUT2D eigenvalue weighted by Crippen LogP contribution is 2.12. The summed E-state index contributed by atoms with van der Waals surface area (Å²) in [6.07, 6.45) is 2.58. The molecule has 4 amide bonds. The number of aliphatic carboxylic acids is 1. The minimum Gasteiger partial charge on any atom is -0.508 e. The van der Waals surface area contributed by atoms with Gasteiger partial charge in [0.25, 0.3) is 0 Å². The van der Waals surface area contributed by atoms with Crippen LogP contribution in [-0.2, 0) is 30.4 Å². The summed E-state index contributed by atoms with van der Waals surface area (Å²) in [5, 5.41) is 38.8. The predicted octanol–water partition coefficient (Wildman–Crippen LogP) is -1.87. The summed E-state index contributed by atoms with van der Waals surface area (Å²) in [5.74, 6) is -3.93. The van der Waals surface area contributed by atoms with Crippen molar-refractivity contribution < 1.29 is 39.3 Å². The first kappa shape index (κ1) is 39.9. The van der Waals surface area contributed by atoms with E-state index in [1.807, 2.05) is 13.8 Å². The van der Waals surface area contributed by atoms with Crippen LogP contribution in [0.25, 0.3) is 0 Å². The number of carboxylic acid groups (broad SMARTS) is 1. The molecular weight excluding hydrogens is 620 g/mol. The molecule has 0 bridgehead atoms. The Morgan fingerprint density at radius 3 is 1.93 bits per heavy atom. The van der Waals surface area contributed by atoms with Crippen molar-refractivity contribution in [3.63, 3.8) is 0 Å². The van der Waals surface area contributed by atoms with Crippen LogP contribution in [0.4, 0.5) is 0 Å². The van der Waals surface area contributed by atoms with Crippen molar-refractivity contribution >= 4 is 47.3 Å². The molecule has 0 aromatic heterocycles. The number of benzene rings is 1. The molecule has 0 heterocycles. The molecule has 0 fully saturated rings. The average molecular weight is 669 g/mol. The Labute approximate surface area is 272 Å². The minimum atomic E-state index is -1.51. The molecule has 0 saturated carbocycles. The zero-order valence-electron chi connectivity index (χ0n) is 26.4. The summed E-state index contributed by atoms with van der Waals surface area (Å²) >= 11 is 1.41. The third kappa shape index (κ3) is 15.3. The molecule has 258 valence electrons. The number of guanidine groups is 1. The molecule has 0 saturated heterocycles. The summed E-state index contributed by atoms with van der Waals surface area (Å²) in [6, 6.07) is 0.198. The van der Waals surface area contributed by atoms with Gasteiger partial charge in [-0.05, 0) is 67.7 Å². The van der Waals surface area contributed by atoms with Crippen molar-refractivity contribution in [3.8, 4) is 5.75 Å². The summed E-state index contributed by atoms with van der Waals surface area (Å²) in [7, 11) is 0. The Hall–Kier alpha value is -4.09. The number of amides is 4. The predicted molar refractivity (Wildman–Crippen MR) is 175 cm³/mol. The first-order chi connectivity index (χ1) is 21.7. The number of hydrogen-bond donors (Lipinski definition) is 10. The number of nitrogens with zero attached hydrogens (tertiary/aromatic N) is 1. The second kappa shape index (κ2) is 20.8. The molecule has 0 radical (unpaired) electrons. The van der Waals surface area contributed by atoms with Crippen LogP contribution in [0.2, 0.25) is 0 Å². The van der Waals surface area contributed by atoms with Gasteiger partial charge in [-0.3, -0.25) is 24.2 Å². The number of aromatic hydroxyl groups is 1. The van der Waals surface area contributed by atoms with E-state index in [1.54, 1.807) is 18.4 Å². The van der Waals surface area contributed by atoms with Gasteiger partial charge in [-0.25, -0.2) is 4.79 Å². The third-order valence-corrected chi connectivity index (χ3v) is 7.33. The number of aliphatic hydroxyl groups is 1. The van der Waals surface area contributed by atoms with Gasteiger partial charge in [-0.2, -0.15) is 11.8 Å². The molecule has 0 unspecified atom stereocenters. The normalized spacial score (nSPS) is 14.2. The molecule has 0 aliphatic heterocycles. The molecule has 1 aromatic rings. The number of carboxylic acids is 1. The SMILES string of the molecule is CSCC[C@H](NC(=O)[C@H](CC(C)C)NC(=O)[C@@H](N)Cc1ccc(O)cc1)C(=O)N[C@@H](CO)C(=O)N[C@@H](CCCN=C(N)N)C(=O)O. The molecule has 16 nitrogen and oxygen atoms in total. The molecule has 1 rings (SSSR count). The molecule has 0 aliphatic carbocycles. The van der Waals surface area contributed by atoms with E-state index in [2.05, 4.69) is 26.3 Å². The number of nitrogens with one attached hydrogen (secondary N) is 4. The van der Waals surface area contributed by atoms with Gasteiger partial charge in [0.15, 0.2) is 5.96 Å². The quantitative estimate of drug-likeness (QED) is 0.0392. The fourth-order valence-electron chi connectivity index (χ4n) is 4.24. The fraction of sp³-hybridized carbons (Fsp3) is 0.586. The zero-order chi connectivity index (χ0) is 34.8. The Morgan fingerprint density at radius 1 is 0.848 bits per heavy atom. The first-order valence-electron chi connectivity index (χ1n) is 14.8. The number of phenolic OH excluding ortho intramolecular Hbond substituents is 1. The van der Waals surface area contributed by atoms with E-state index in [0.29, 0.717) is 11.3 Å². The van der Waals surface area contributed by atoms with Crippen LogP contribution in [0, 0.1) is 5.92 Å². The van der Waals surface area contributed by atoms with Crippen molar-refractivity contribution in [2.75, 3.05) is 25.2 Å². The van der Waals surface area contributed by atoms with Gasteiger partial charge in [0, 0.05) is 6.54 Å². The lowest BCUT2D eigenvalue weighted by Gasteiger charge is -2.26. The van der Waals surface area contributed by atoms with Crippen LogP contribution in [0.5, 0.6) is 5.75 Å². The molecule has 0 spiro atoms. The standard InChI is InChI=1S/C29H48N8O8S/c1-16(2)13-22(36-24(40)19(30)14-17-6-8-18(39)9-7-17)26(42)34-20(10-12-46-3)25(41)37-23(15-38)27(43)35-21(28(44)45)5-4-11-33-29(31)32/h6-9,16,19-23,38-39H,4-5,10-15,30H2,1-3H3,(H,34,42)(H,35,43)(H,36,40)(H,37,41)(H,44,45)(H4,31,32,33)/t19-,20-,21-,22-,23-/m0/s1. The lowest BCUT2D eigenvalue weighted by atomic mass is 10.0. The summed E-state index contributed by atoms with van der Waals surface area (Å²) in [6.45, 7) is 3.01. The Morgan fingerprint density at radius 2 is 1.39 bits per heavy atom. The van der Waals surface area contributed by atoms with Crippen molar-refractivity contribution in [2.24, 2.45) is 28.1 Å². The lowest BCUT2D eigenvalue weighted by molar-refractivity contribution is -0.142. The van der Waals surface area contributed by atoms with E-state index in [1.165, 1.54) is 23.9 Å². The van der Waals surface area contributed by atoms with Crippen molar-refractivity contribution in [1.82, 2.24) is 21.3 Å². The highest BCUT2D eigenvalue weighted by atomic mass is 32.2. The molecule has 46 heavy (non-hydrogen) atoms. The van der Waals surface area contributed by atoms with Gasteiger partial charge < -0.3 is 53.8 Å². The minimum absolute atomic E-state index is 0.0160. The molecule has 0 aliphatic rings. The number of phenols is 1. The van der Waals surface area contributed by atoms with Crippen molar-refractivity contribution in [2.45, 2.75) is 76.2 Å². The van der Waals surface area contributed by atoms with E-state index >= 15 is 0 Å². The molecule has 13 N–H and O–H groups in total. The smallest absolute Gasteiger partial charge is 0.326 e. The summed E-state index contributed by atoms with van der Waals surface area (Å²) in [4.78, 5) is 67.8. The van der Waals surface area contributed by atoms with Gasteiger partial charge in [-0.1, -0.05) is 26.0 Å². The lowest BCUT2D eigenvalue weighted by Crippen LogP contribution is -2.59. The van der Waals surface area contributed by atoms with Crippen molar-refractivity contribution in [1.29, 1.82) is 0 Å². The maximum Gasteiger partial charge on any atom is 0.326 e. The van der Waals surface area contributed by atoms with Gasteiger partial charge >= 0.3 is 5.97 Å². The monoisotopic (exact) mass is 668 g/mol. The number of nitrogens with two attached hydrogens (primary N) is 3. The summed E-state index contributed by atoms with van der Waals surface area (Å²) in [5.41, 5.74) is 17.3. The van der Waals surface area contributed by atoms with Crippen molar-refractivity contribution in [3.05, 3.63) is 29.8 Å². The maximum atomic E-state index is 13.4. The number of rotatable bonds is 21. The molecule has 1 aromatic carbocycles. The molecular formula is C29H48N8O8S. The maximum absolute atomic E-state index is 13.4. The fourth-order valence-corrected chi connectivity index (χ4v) is 4.71. The topological polar surface area (TPSA) is 285 Å². The molecule has 17 heteroatoms. The van der Waals surface area contributed by atoms with Crippen LogP contribution in [0.1, 0.15) is 45.1 Å². The van der Waals surface area contributed by atoms with E-state index in [-0.39, 0.29) is 56.3 Å². The zero-order valence-corrected chi connectivity index (χ0v) is 27.2. The number of carbonyl (C=O) groups is 5. The van der Waals surface area contributed by atoms with Crippen LogP contribution in [0.15, 0.2) is 29.3 Å². The third-order valence-electron chi connectivity index (χ3n) is 6.69. The second-order valence-electron chi connectivity index (χ2n) is 11.1. The number of aliphatic hydroxyl groups excluding tert-OH is 1. The van der Waals surface area contributed by atoms with E-state index in [4.69, 9.17) is 17.2 Å². The number of aliphatic imine (C=N–C) groups is 1.